The summed E-state index contributed by atoms with van der Waals surface area (Å²) in [4.78, 5) is 45.1. The van der Waals surface area contributed by atoms with Crippen molar-refractivity contribution in [3.8, 4) is 0 Å². The molecule has 2 aliphatic heterocycles. The van der Waals surface area contributed by atoms with Crippen molar-refractivity contribution in [3.05, 3.63) is 40.1 Å². The van der Waals surface area contributed by atoms with E-state index >= 15 is 0 Å². The number of aliphatic hydroxyl groups is 1. The van der Waals surface area contributed by atoms with E-state index in [1.807, 2.05) is 17.1 Å². The number of alkyl halides is 4. The molecule has 1 aromatic rings. The molecule has 5 rings (SSSR count). The van der Waals surface area contributed by atoms with Gasteiger partial charge >= 0.3 is 6.18 Å². The number of likely N-dealkylation sites (N-methyl/N-ethyl adjacent to an activating group) is 1. The summed E-state index contributed by atoms with van der Waals surface area (Å²) in [6.45, 7) is 3.90. The third-order valence-corrected chi connectivity index (χ3v) is 9.26. The number of rotatable bonds is 5. The molecule has 3 N–H and O–H groups in total. The summed E-state index contributed by atoms with van der Waals surface area (Å²) < 4.78 is 40.4. The number of aliphatic hydroxyl groups excluding tert-OH is 1. The first kappa shape index (κ1) is 31.3. The number of hydrogen-bond acceptors (Lipinski definition) is 6. The minimum atomic E-state index is -4.67. The summed E-state index contributed by atoms with van der Waals surface area (Å²) in [6, 6.07) is -1.25. The molecule has 0 bridgehead atoms. The Kier molecular flexibility index (Phi) is 8.53. The zero-order chi connectivity index (χ0) is 31.3. The van der Waals surface area contributed by atoms with Crippen LogP contribution in [-0.4, -0.2) is 103 Å². The van der Waals surface area contributed by atoms with Crippen LogP contribution >= 0.6 is 11.6 Å². The highest BCUT2D eigenvalue weighted by Crippen LogP contribution is 2.41. The van der Waals surface area contributed by atoms with Gasteiger partial charge in [-0.3, -0.25) is 19.5 Å². The number of piperidine rings is 1. The van der Waals surface area contributed by atoms with Gasteiger partial charge in [0.2, 0.25) is 17.7 Å². The number of fused-ring (bicyclic) bond motifs is 1. The van der Waals surface area contributed by atoms with Gasteiger partial charge in [-0.1, -0.05) is 32.1 Å². The SMILES string of the molecule is CC(C)C(NC(=O)C1=CC(C(F)(F)F)=CC(Cl)CC1)C(=O)N1CCC2(CC1)C(=O)N(C)C(O)N2C1C=c2cn[nH]c2=CC1. The van der Waals surface area contributed by atoms with Gasteiger partial charge in [0, 0.05) is 37.0 Å². The van der Waals surface area contributed by atoms with Crippen molar-refractivity contribution in [2.24, 2.45) is 5.92 Å². The van der Waals surface area contributed by atoms with Crippen LogP contribution in [0.5, 0.6) is 0 Å². The topological polar surface area (TPSA) is 122 Å². The van der Waals surface area contributed by atoms with E-state index in [4.69, 9.17) is 11.6 Å². The van der Waals surface area contributed by atoms with Crippen LogP contribution in [0.4, 0.5) is 13.2 Å². The first-order chi connectivity index (χ1) is 20.2. The van der Waals surface area contributed by atoms with Gasteiger partial charge in [-0.2, -0.15) is 18.3 Å². The Morgan fingerprint density at radius 1 is 1.23 bits per heavy atom. The maximum atomic E-state index is 13.7. The normalized spacial score (nSPS) is 26.7. The standard InChI is InChI=1S/C29H36ClF3N6O4/c1-16(2)23(35-24(40)17-4-5-20(30)14-19(12-17)29(31,32)33)25(41)38-10-8-28(9-11-38)26(42)37(3)27(43)39(28)21-6-7-22-18(13-21)15-34-36-22/h7,12-16,20-21,23,27,36,43H,4-6,8-11H2,1-3H3,(H,35,40). The molecule has 0 saturated carbocycles. The van der Waals surface area contributed by atoms with Gasteiger partial charge in [0.1, 0.15) is 11.6 Å². The molecular formula is C29H36ClF3N6O4. The number of hydrogen-bond donors (Lipinski definition) is 3. The molecule has 2 saturated heterocycles. The number of nitrogens with one attached hydrogen (secondary N) is 2. The van der Waals surface area contributed by atoms with Crippen molar-refractivity contribution in [1.29, 1.82) is 0 Å². The number of allylic oxidation sites excluding steroid dienone is 3. The zero-order valence-corrected chi connectivity index (χ0v) is 25.0. The third kappa shape index (κ3) is 5.86. The summed E-state index contributed by atoms with van der Waals surface area (Å²) in [5.74, 6) is -1.70. The van der Waals surface area contributed by atoms with Gasteiger partial charge in [0.15, 0.2) is 6.35 Å². The molecule has 2 fully saturated rings. The van der Waals surface area contributed by atoms with Crippen molar-refractivity contribution in [2.45, 2.75) is 81.5 Å². The van der Waals surface area contributed by atoms with Gasteiger partial charge in [-0.25, -0.2) is 4.90 Å². The van der Waals surface area contributed by atoms with Crippen LogP contribution in [0.2, 0.25) is 0 Å². The molecule has 3 amide bonds. The number of nitrogens with zero attached hydrogens (tertiary/aromatic N) is 4. The molecule has 4 atom stereocenters. The number of carbonyl (C=O) groups is 3. The second-order valence-electron chi connectivity index (χ2n) is 12.0. The van der Waals surface area contributed by atoms with E-state index in [9.17, 15) is 32.7 Å². The molecule has 0 radical (unpaired) electrons. The Morgan fingerprint density at radius 3 is 2.58 bits per heavy atom. The highest BCUT2D eigenvalue weighted by molar-refractivity contribution is 6.22. The van der Waals surface area contributed by atoms with E-state index < -0.39 is 41.0 Å². The number of aromatic nitrogens is 2. The lowest BCUT2D eigenvalue weighted by Gasteiger charge is -2.46. The number of H-pyrrole nitrogens is 1. The second kappa shape index (κ2) is 11.7. The zero-order valence-electron chi connectivity index (χ0n) is 24.2. The molecule has 4 unspecified atom stereocenters. The quantitative estimate of drug-likeness (QED) is 0.422. The Bertz CT molecular complexity index is 1460. The molecular weight excluding hydrogens is 589 g/mol. The van der Waals surface area contributed by atoms with Crippen molar-refractivity contribution in [1.82, 2.24) is 30.2 Å². The first-order valence-corrected chi connectivity index (χ1v) is 14.8. The summed E-state index contributed by atoms with van der Waals surface area (Å²) in [7, 11) is 1.56. The van der Waals surface area contributed by atoms with E-state index in [0.29, 0.717) is 6.42 Å². The number of likely N-dealkylation sites (tertiary alicyclic amines) is 1. The average Bonchev–Trinajstić information content (AvgIpc) is 3.41. The number of carbonyl (C=O) groups excluding carboxylic acids is 3. The van der Waals surface area contributed by atoms with Crippen molar-refractivity contribution in [3.63, 3.8) is 0 Å². The van der Waals surface area contributed by atoms with Crippen LogP contribution in [0.15, 0.2) is 29.5 Å². The first-order valence-electron chi connectivity index (χ1n) is 14.4. The van der Waals surface area contributed by atoms with Crippen LogP contribution in [0, 0.1) is 5.92 Å². The fraction of sp³-hybridized carbons (Fsp3) is 0.586. The molecule has 2 aliphatic carbocycles. The highest BCUT2D eigenvalue weighted by atomic mass is 35.5. The summed E-state index contributed by atoms with van der Waals surface area (Å²) in [5, 5.41) is 21.7. The third-order valence-electron chi connectivity index (χ3n) is 8.92. The van der Waals surface area contributed by atoms with E-state index in [1.54, 1.807) is 32.0 Å². The van der Waals surface area contributed by atoms with Crippen molar-refractivity contribution >= 4 is 41.5 Å². The molecule has 3 heterocycles. The number of halogens is 4. The molecule has 43 heavy (non-hydrogen) atoms. The second-order valence-corrected chi connectivity index (χ2v) is 12.5. The molecule has 10 nitrogen and oxygen atoms in total. The monoisotopic (exact) mass is 624 g/mol. The lowest BCUT2D eigenvalue weighted by atomic mass is 9.83. The van der Waals surface area contributed by atoms with Crippen molar-refractivity contribution in [2.75, 3.05) is 20.1 Å². The molecule has 14 heteroatoms. The highest BCUT2D eigenvalue weighted by Gasteiger charge is 2.59. The minimum absolute atomic E-state index is 0.0328. The summed E-state index contributed by atoms with van der Waals surface area (Å²) in [5.41, 5.74) is -2.10. The molecule has 1 spiro atoms. The Morgan fingerprint density at radius 2 is 1.93 bits per heavy atom. The fourth-order valence-electron chi connectivity index (χ4n) is 6.50. The summed E-state index contributed by atoms with van der Waals surface area (Å²) in [6.07, 6.45) is 2.83. The van der Waals surface area contributed by atoms with Gasteiger partial charge in [0.25, 0.3) is 0 Å². The van der Waals surface area contributed by atoms with Gasteiger partial charge in [-0.05, 0) is 44.1 Å². The van der Waals surface area contributed by atoms with Crippen molar-refractivity contribution < 1.29 is 32.7 Å². The molecule has 0 aromatic carbocycles. The largest absolute Gasteiger partial charge is 0.416 e. The lowest BCUT2D eigenvalue weighted by molar-refractivity contribution is -0.143. The molecule has 1 aromatic heterocycles. The Balaban J connectivity index is 1.31. The minimum Gasteiger partial charge on any atom is -0.361 e. The van der Waals surface area contributed by atoms with Crippen LogP contribution in [0.25, 0.3) is 12.2 Å². The van der Waals surface area contributed by atoms with Crippen LogP contribution in [-0.2, 0) is 14.4 Å². The van der Waals surface area contributed by atoms with Gasteiger partial charge in [-0.15, -0.1) is 11.6 Å². The predicted molar refractivity (Wildman–Crippen MR) is 152 cm³/mol. The molecule has 234 valence electrons. The predicted octanol–water partition coefficient (Wildman–Crippen LogP) is 1.11. The fourth-order valence-corrected chi connectivity index (χ4v) is 6.74. The molecule has 4 aliphatic rings. The maximum absolute atomic E-state index is 13.7. The van der Waals surface area contributed by atoms with E-state index in [2.05, 4.69) is 15.5 Å². The van der Waals surface area contributed by atoms with Crippen LogP contribution in [0.3, 0.4) is 0 Å². The number of amides is 3. The Hall–Kier alpha value is -3.16. The van der Waals surface area contributed by atoms with Crippen LogP contribution < -0.4 is 15.9 Å². The van der Waals surface area contributed by atoms with E-state index in [-0.39, 0.29) is 68.1 Å². The lowest BCUT2D eigenvalue weighted by Crippen LogP contribution is -2.62. The Labute approximate surface area is 251 Å². The summed E-state index contributed by atoms with van der Waals surface area (Å²) >= 11 is 6.00. The maximum Gasteiger partial charge on any atom is 0.416 e. The average molecular weight is 625 g/mol. The van der Waals surface area contributed by atoms with E-state index in [0.717, 1.165) is 22.7 Å². The van der Waals surface area contributed by atoms with Crippen LogP contribution in [0.1, 0.15) is 46.0 Å². The van der Waals surface area contributed by atoms with E-state index in [1.165, 1.54) is 4.90 Å². The smallest absolute Gasteiger partial charge is 0.361 e. The van der Waals surface area contributed by atoms with Gasteiger partial charge in [0.05, 0.1) is 22.5 Å². The number of aromatic amines is 1. The van der Waals surface area contributed by atoms with Gasteiger partial charge < -0.3 is 20.2 Å².